The number of nitrogens with two attached hydrogens (primary N) is 2. The molecule has 0 bridgehead atoms. The molecule has 0 amide bonds. The maximum Gasteiger partial charge on any atom is 0.292 e. The number of benzene rings is 4. The lowest BCUT2D eigenvalue weighted by Crippen LogP contribution is -2.34. The molecule has 4 aromatic carbocycles. The van der Waals surface area contributed by atoms with Crippen LogP contribution in [0.5, 0.6) is 11.5 Å². The standard InChI is InChI=1S/C27H25N2O3P/c1-27(18-11-14-20(28)15-12-18,19-13-16-23(29)25(17-19)31-2)33(30)26-10-6-4-8-22(26)21-7-3-5-9-24(21)32-33/h3-17H,28-29H2,1-2H3. The zero-order valence-electron chi connectivity index (χ0n) is 18.5. The topological polar surface area (TPSA) is 87.6 Å². The molecule has 1 aliphatic rings. The fourth-order valence-electron chi connectivity index (χ4n) is 4.57. The van der Waals surface area contributed by atoms with Gasteiger partial charge in [-0.05, 0) is 60.0 Å². The second-order valence-corrected chi connectivity index (χ2v) is 11.0. The SMILES string of the molecule is COc1cc(C(C)(c2ccc(N)cc2)P2(=O)Oc3ccccc3-c3ccccc32)ccc1N. The predicted octanol–water partition coefficient (Wildman–Crippen LogP) is 5.79. The molecule has 0 spiro atoms. The number of nitrogen functional groups attached to an aromatic ring is 2. The van der Waals surface area contributed by atoms with E-state index < -0.39 is 12.5 Å². The minimum atomic E-state index is -3.60. The number of para-hydroxylation sites is 1. The molecular formula is C27H25N2O3P. The molecule has 0 aliphatic carbocycles. The van der Waals surface area contributed by atoms with Gasteiger partial charge in [0.25, 0.3) is 7.37 Å². The Morgan fingerprint density at radius 3 is 2.18 bits per heavy atom. The third-order valence-corrected chi connectivity index (χ3v) is 9.65. The van der Waals surface area contributed by atoms with Crippen molar-refractivity contribution in [1.82, 2.24) is 0 Å². The minimum absolute atomic E-state index is 0.509. The van der Waals surface area contributed by atoms with Gasteiger partial charge in [-0.25, -0.2) is 0 Å². The lowest BCUT2D eigenvalue weighted by Gasteiger charge is -2.41. The van der Waals surface area contributed by atoms with Gasteiger partial charge in [0.1, 0.15) is 16.7 Å². The number of fused-ring (bicyclic) bond motifs is 3. The quantitative estimate of drug-likeness (QED) is 0.300. The summed E-state index contributed by atoms with van der Waals surface area (Å²) in [5.41, 5.74) is 16.7. The van der Waals surface area contributed by atoms with Crippen molar-refractivity contribution >= 4 is 24.0 Å². The maximum absolute atomic E-state index is 15.3. The van der Waals surface area contributed by atoms with Crippen molar-refractivity contribution in [1.29, 1.82) is 0 Å². The van der Waals surface area contributed by atoms with E-state index in [-0.39, 0.29) is 0 Å². The molecule has 1 heterocycles. The van der Waals surface area contributed by atoms with Crippen LogP contribution in [-0.4, -0.2) is 7.11 Å². The van der Waals surface area contributed by atoms with Crippen LogP contribution >= 0.6 is 7.37 Å². The summed E-state index contributed by atoms with van der Waals surface area (Å²) in [6.45, 7) is 1.95. The largest absolute Gasteiger partial charge is 0.495 e. The summed E-state index contributed by atoms with van der Waals surface area (Å²) >= 11 is 0. The molecule has 5 nitrogen and oxygen atoms in total. The first-order valence-electron chi connectivity index (χ1n) is 10.7. The van der Waals surface area contributed by atoms with Crippen LogP contribution in [0.1, 0.15) is 18.1 Å². The van der Waals surface area contributed by atoms with Gasteiger partial charge in [0.2, 0.25) is 0 Å². The zero-order chi connectivity index (χ0) is 23.2. The molecular weight excluding hydrogens is 431 g/mol. The zero-order valence-corrected chi connectivity index (χ0v) is 19.4. The Morgan fingerprint density at radius 2 is 1.45 bits per heavy atom. The summed E-state index contributed by atoms with van der Waals surface area (Å²) in [6.07, 6.45) is 0. The Bertz CT molecular complexity index is 1400. The van der Waals surface area contributed by atoms with Crippen molar-refractivity contribution in [2.45, 2.75) is 12.1 Å². The van der Waals surface area contributed by atoms with Gasteiger partial charge in [0.05, 0.1) is 18.1 Å². The van der Waals surface area contributed by atoms with E-state index in [0.29, 0.717) is 28.2 Å². The van der Waals surface area contributed by atoms with Gasteiger partial charge in [-0.1, -0.05) is 54.6 Å². The molecule has 0 aromatic heterocycles. The van der Waals surface area contributed by atoms with Gasteiger partial charge in [0.15, 0.2) is 0 Å². The smallest absolute Gasteiger partial charge is 0.292 e. The molecule has 2 unspecified atom stereocenters. The van der Waals surface area contributed by atoms with Crippen molar-refractivity contribution in [3.63, 3.8) is 0 Å². The van der Waals surface area contributed by atoms with E-state index in [9.17, 15) is 0 Å². The molecule has 4 N–H and O–H groups in total. The van der Waals surface area contributed by atoms with Crippen LogP contribution in [-0.2, 0) is 9.72 Å². The van der Waals surface area contributed by atoms with Gasteiger partial charge in [-0.15, -0.1) is 0 Å². The molecule has 0 saturated carbocycles. The van der Waals surface area contributed by atoms with Gasteiger partial charge < -0.3 is 20.7 Å². The first kappa shape index (κ1) is 21.2. The molecule has 0 fully saturated rings. The second-order valence-electron chi connectivity index (χ2n) is 8.31. The van der Waals surface area contributed by atoms with Crippen molar-refractivity contribution in [2.75, 3.05) is 18.6 Å². The third kappa shape index (κ3) is 3.12. The Labute approximate surface area is 193 Å². The van der Waals surface area contributed by atoms with E-state index in [1.165, 1.54) is 0 Å². The highest BCUT2D eigenvalue weighted by atomic mass is 31.2. The highest BCUT2D eigenvalue weighted by molar-refractivity contribution is 7.69. The highest BCUT2D eigenvalue weighted by Gasteiger charge is 2.53. The fraction of sp³-hybridized carbons (Fsp3) is 0.111. The summed E-state index contributed by atoms with van der Waals surface area (Å²) in [5, 5.41) is -0.371. The molecule has 0 radical (unpaired) electrons. The Balaban J connectivity index is 1.85. The number of methoxy groups -OCH3 is 1. The number of hydrogen-bond acceptors (Lipinski definition) is 5. The van der Waals surface area contributed by atoms with Crippen LogP contribution in [0.4, 0.5) is 11.4 Å². The summed E-state index contributed by atoms with van der Waals surface area (Å²) in [4.78, 5) is 0. The average Bonchev–Trinajstić information content (AvgIpc) is 2.84. The van der Waals surface area contributed by atoms with Crippen LogP contribution in [0.3, 0.4) is 0 Å². The Hall–Kier alpha value is -3.69. The summed E-state index contributed by atoms with van der Waals surface area (Å²) in [7, 11) is -2.03. The normalized spacial score (nSPS) is 18.4. The van der Waals surface area contributed by atoms with E-state index >= 15 is 4.57 Å². The molecule has 33 heavy (non-hydrogen) atoms. The van der Waals surface area contributed by atoms with Crippen molar-refractivity contribution in [2.24, 2.45) is 0 Å². The van der Waals surface area contributed by atoms with Crippen molar-refractivity contribution < 1.29 is 13.8 Å². The molecule has 4 aromatic rings. The highest BCUT2D eigenvalue weighted by Crippen LogP contribution is 2.69. The van der Waals surface area contributed by atoms with Crippen LogP contribution < -0.4 is 26.0 Å². The number of ether oxygens (including phenoxy) is 1. The van der Waals surface area contributed by atoms with Crippen LogP contribution in [0.15, 0.2) is 91.0 Å². The molecule has 6 heteroatoms. The van der Waals surface area contributed by atoms with Gasteiger partial charge in [0, 0.05) is 11.3 Å². The maximum atomic E-state index is 15.3. The summed E-state index contributed by atoms with van der Waals surface area (Å²) < 4.78 is 27.3. The summed E-state index contributed by atoms with van der Waals surface area (Å²) in [5.74, 6) is 1.12. The van der Waals surface area contributed by atoms with Crippen LogP contribution in [0, 0.1) is 0 Å². The van der Waals surface area contributed by atoms with Crippen molar-refractivity contribution in [3.05, 3.63) is 102 Å². The van der Waals surface area contributed by atoms with Gasteiger partial charge >= 0.3 is 0 Å². The van der Waals surface area contributed by atoms with E-state index in [1.54, 1.807) is 13.2 Å². The van der Waals surface area contributed by atoms with E-state index in [4.69, 9.17) is 20.7 Å². The Kier molecular flexibility index (Phi) is 4.95. The molecule has 166 valence electrons. The molecule has 2 atom stereocenters. The number of anilines is 2. The third-order valence-electron chi connectivity index (χ3n) is 6.48. The predicted molar refractivity (Wildman–Crippen MR) is 134 cm³/mol. The number of hydrogen-bond donors (Lipinski definition) is 2. The average molecular weight is 456 g/mol. The molecule has 0 saturated heterocycles. The van der Waals surface area contributed by atoms with E-state index in [2.05, 4.69) is 0 Å². The fourth-order valence-corrected chi connectivity index (χ4v) is 7.54. The van der Waals surface area contributed by atoms with E-state index in [0.717, 1.165) is 22.3 Å². The van der Waals surface area contributed by atoms with Crippen molar-refractivity contribution in [3.8, 4) is 22.6 Å². The van der Waals surface area contributed by atoms with E-state index in [1.807, 2.05) is 91.9 Å². The van der Waals surface area contributed by atoms with Gasteiger partial charge in [-0.3, -0.25) is 4.57 Å². The lowest BCUT2D eigenvalue weighted by atomic mass is 9.91. The number of rotatable bonds is 4. The first-order chi connectivity index (χ1) is 15.9. The molecule has 5 rings (SSSR count). The lowest BCUT2D eigenvalue weighted by molar-refractivity contribution is 0.415. The second kappa shape index (κ2) is 7.72. The van der Waals surface area contributed by atoms with Crippen LogP contribution in [0.2, 0.25) is 0 Å². The summed E-state index contributed by atoms with van der Waals surface area (Å²) in [6, 6.07) is 28.4. The minimum Gasteiger partial charge on any atom is -0.495 e. The van der Waals surface area contributed by atoms with Crippen LogP contribution in [0.25, 0.3) is 11.1 Å². The Morgan fingerprint density at radius 1 is 0.818 bits per heavy atom. The monoisotopic (exact) mass is 456 g/mol. The first-order valence-corrected chi connectivity index (χ1v) is 12.3. The molecule has 1 aliphatic heterocycles. The van der Waals surface area contributed by atoms with Gasteiger partial charge in [-0.2, -0.15) is 0 Å².